The van der Waals surface area contributed by atoms with Crippen LogP contribution in [0.2, 0.25) is 0 Å². The first-order valence-electron chi connectivity index (χ1n) is 6.82. The summed E-state index contributed by atoms with van der Waals surface area (Å²) in [5, 5.41) is 0. The molecule has 2 nitrogen and oxygen atoms in total. The third kappa shape index (κ3) is 3.69. The molecule has 2 rings (SSSR count). The van der Waals surface area contributed by atoms with E-state index in [4.69, 9.17) is 5.73 Å². The van der Waals surface area contributed by atoms with Gasteiger partial charge in [-0.15, -0.1) is 0 Å². The molecule has 0 amide bonds. The fraction of sp³-hybridized carbons (Fsp3) is 0.294. The number of hydrogen-bond acceptors (Lipinski definition) is 2. The van der Waals surface area contributed by atoms with Crippen LogP contribution in [0.15, 0.2) is 53.0 Å². The molecule has 0 heterocycles. The van der Waals surface area contributed by atoms with Gasteiger partial charge in [0.25, 0.3) is 0 Å². The van der Waals surface area contributed by atoms with E-state index in [-0.39, 0.29) is 6.04 Å². The lowest BCUT2D eigenvalue weighted by Gasteiger charge is -2.28. The molecule has 3 heteroatoms. The fourth-order valence-corrected chi connectivity index (χ4v) is 2.93. The summed E-state index contributed by atoms with van der Waals surface area (Å²) in [4.78, 5) is 2.30. The third-order valence-electron chi connectivity index (χ3n) is 3.57. The molecule has 0 aliphatic carbocycles. The van der Waals surface area contributed by atoms with E-state index in [0.29, 0.717) is 6.54 Å². The molecule has 0 aromatic heterocycles. The van der Waals surface area contributed by atoms with Crippen LogP contribution < -0.4 is 5.73 Å². The van der Waals surface area contributed by atoms with E-state index in [1.807, 2.05) is 6.07 Å². The van der Waals surface area contributed by atoms with Crippen molar-refractivity contribution in [2.45, 2.75) is 19.5 Å². The van der Waals surface area contributed by atoms with Crippen molar-refractivity contribution < 1.29 is 0 Å². The Balaban J connectivity index is 2.15. The maximum Gasteiger partial charge on any atom is 0.0482 e. The quantitative estimate of drug-likeness (QED) is 0.899. The first kappa shape index (κ1) is 15.2. The standard InChI is InChI=1S/C17H21BrN2/c1-13-7-9-14(10-8-13)12-20(2)17(11-19)15-5-3-4-6-16(15)18/h3-10,17H,11-12,19H2,1-2H3. The van der Waals surface area contributed by atoms with Crippen molar-refractivity contribution in [3.05, 3.63) is 69.7 Å². The second-order valence-corrected chi connectivity index (χ2v) is 6.03. The van der Waals surface area contributed by atoms with Crippen LogP contribution in [0.25, 0.3) is 0 Å². The van der Waals surface area contributed by atoms with Gasteiger partial charge < -0.3 is 5.73 Å². The molecule has 0 radical (unpaired) electrons. The van der Waals surface area contributed by atoms with Crippen molar-refractivity contribution in [2.75, 3.05) is 13.6 Å². The Labute approximate surface area is 129 Å². The van der Waals surface area contributed by atoms with Crippen LogP contribution in [0.3, 0.4) is 0 Å². The first-order chi connectivity index (χ1) is 9.61. The number of hydrogen-bond donors (Lipinski definition) is 1. The maximum atomic E-state index is 5.99. The summed E-state index contributed by atoms with van der Waals surface area (Å²) in [6, 6.07) is 17.2. The van der Waals surface area contributed by atoms with Gasteiger partial charge in [-0.3, -0.25) is 4.90 Å². The molecule has 0 aliphatic heterocycles. The van der Waals surface area contributed by atoms with Gasteiger partial charge in [0.05, 0.1) is 0 Å². The van der Waals surface area contributed by atoms with E-state index in [9.17, 15) is 0 Å². The Hall–Kier alpha value is -1.16. The van der Waals surface area contributed by atoms with Gasteiger partial charge in [-0.1, -0.05) is 64.0 Å². The number of benzene rings is 2. The molecular formula is C17H21BrN2. The molecule has 106 valence electrons. The van der Waals surface area contributed by atoms with Crippen molar-refractivity contribution >= 4 is 15.9 Å². The lowest BCUT2D eigenvalue weighted by molar-refractivity contribution is 0.241. The van der Waals surface area contributed by atoms with Crippen LogP contribution in [-0.2, 0) is 6.54 Å². The molecule has 2 aromatic carbocycles. The van der Waals surface area contributed by atoms with Crippen LogP contribution in [0.5, 0.6) is 0 Å². The van der Waals surface area contributed by atoms with Crippen LogP contribution in [0.4, 0.5) is 0 Å². The lowest BCUT2D eigenvalue weighted by Crippen LogP contribution is -2.30. The monoisotopic (exact) mass is 332 g/mol. The Morgan fingerprint density at radius 2 is 1.75 bits per heavy atom. The zero-order chi connectivity index (χ0) is 14.5. The second kappa shape index (κ2) is 7.02. The average molecular weight is 333 g/mol. The Kier molecular flexibility index (Phi) is 5.35. The number of aryl methyl sites for hydroxylation is 1. The molecule has 0 bridgehead atoms. The Bertz CT molecular complexity index is 551. The van der Waals surface area contributed by atoms with E-state index in [2.05, 4.69) is 77.3 Å². The first-order valence-corrected chi connectivity index (χ1v) is 7.61. The molecule has 1 unspecified atom stereocenters. The zero-order valence-corrected chi connectivity index (χ0v) is 13.6. The second-order valence-electron chi connectivity index (χ2n) is 5.17. The van der Waals surface area contributed by atoms with Crippen LogP contribution in [-0.4, -0.2) is 18.5 Å². The van der Waals surface area contributed by atoms with Crippen LogP contribution in [0, 0.1) is 6.92 Å². The van der Waals surface area contributed by atoms with Gasteiger partial charge in [0, 0.05) is 23.6 Å². The summed E-state index contributed by atoms with van der Waals surface area (Å²) in [6.45, 7) is 3.60. The predicted molar refractivity (Wildman–Crippen MR) is 88.6 cm³/mol. The van der Waals surface area contributed by atoms with Crippen molar-refractivity contribution in [1.29, 1.82) is 0 Å². The van der Waals surface area contributed by atoms with Crippen LogP contribution >= 0.6 is 15.9 Å². The van der Waals surface area contributed by atoms with Crippen molar-refractivity contribution in [2.24, 2.45) is 5.73 Å². The fourth-order valence-electron chi connectivity index (χ4n) is 2.38. The minimum atomic E-state index is 0.215. The molecule has 0 spiro atoms. The molecule has 2 N–H and O–H groups in total. The van der Waals surface area contributed by atoms with E-state index in [1.54, 1.807) is 0 Å². The van der Waals surface area contributed by atoms with Crippen molar-refractivity contribution in [1.82, 2.24) is 4.90 Å². The Morgan fingerprint density at radius 3 is 2.35 bits per heavy atom. The van der Waals surface area contributed by atoms with Gasteiger partial charge in [0.2, 0.25) is 0 Å². The van der Waals surface area contributed by atoms with Gasteiger partial charge in [-0.2, -0.15) is 0 Å². The minimum absolute atomic E-state index is 0.215. The summed E-state index contributed by atoms with van der Waals surface area (Å²) in [5.41, 5.74) is 9.83. The molecule has 20 heavy (non-hydrogen) atoms. The highest BCUT2D eigenvalue weighted by Crippen LogP contribution is 2.27. The Morgan fingerprint density at radius 1 is 1.10 bits per heavy atom. The largest absolute Gasteiger partial charge is 0.329 e. The molecular weight excluding hydrogens is 312 g/mol. The van der Waals surface area contributed by atoms with Crippen molar-refractivity contribution in [3.63, 3.8) is 0 Å². The summed E-state index contributed by atoms with van der Waals surface area (Å²) in [5.74, 6) is 0. The smallest absolute Gasteiger partial charge is 0.0482 e. The van der Waals surface area contributed by atoms with E-state index < -0.39 is 0 Å². The minimum Gasteiger partial charge on any atom is -0.329 e. The summed E-state index contributed by atoms with van der Waals surface area (Å²) < 4.78 is 1.12. The number of likely N-dealkylation sites (N-methyl/N-ethyl adjacent to an activating group) is 1. The van der Waals surface area contributed by atoms with Gasteiger partial charge in [0.15, 0.2) is 0 Å². The van der Waals surface area contributed by atoms with Gasteiger partial charge in [0.1, 0.15) is 0 Å². The van der Waals surface area contributed by atoms with Gasteiger partial charge >= 0.3 is 0 Å². The van der Waals surface area contributed by atoms with E-state index >= 15 is 0 Å². The van der Waals surface area contributed by atoms with Gasteiger partial charge in [-0.05, 0) is 31.2 Å². The normalized spacial score (nSPS) is 12.7. The predicted octanol–water partition coefficient (Wildman–Crippen LogP) is 3.89. The average Bonchev–Trinajstić information content (AvgIpc) is 2.44. The molecule has 0 saturated heterocycles. The maximum absolute atomic E-state index is 5.99. The van der Waals surface area contributed by atoms with E-state index in [0.717, 1.165) is 11.0 Å². The van der Waals surface area contributed by atoms with Gasteiger partial charge in [-0.25, -0.2) is 0 Å². The molecule has 0 aliphatic rings. The van der Waals surface area contributed by atoms with Crippen molar-refractivity contribution in [3.8, 4) is 0 Å². The molecule has 2 aromatic rings. The number of rotatable bonds is 5. The molecule has 0 saturated carbocycles. The third-order valence-corrected chi connectivity index (χ3v) is 4.29. The number of halogens is 1. The van der Waals surface area contributed by atoms with E-state index in [1.165, 1.54) is 16.7 Å². The lowest BCUT2D eigenvalue weighted by atomic mass is 10.0. The number of nitrogens with two attached hydrogens (primary N) is 1. The highest BCUT2D eigenvalue weighted by atomic mass is 79.9. The summed E-state index contributed by atoms with van der Waals surface area (Å²) in [7, 11) is 2.12. The number of nitrogens with zero attached hydrogens (tertiary/aromatic N) is 1. The summed E-state index contributed by atoms with van der Waals surface area (Å²) in [6.07, 6.45) is 0. The molecule has 0 fully saturated rings. The summed E-state index contributed by atoms with van der Waals surface area (Å²) >= 11 is 3.62. The molecule has 1 atom stereocenters. The van der Waals surface area contributed by atoms with Crippen LogP contribution in [0.1, 0.15) is 22.7 Å². The highest BCUT2D eigenvalue weighted by molar-refractivity contribution is 9.10. The highest BCUT2D eigenvalue weighted by Gasteiger charge is 2.17. The SMILES string of the molecule is Cc1ccc(CN(C)C(CN)c2ccccc2Br)cc1. The topological polar surface area (TPSA) is 29.3 Å². The zero-order valence-electron chi connectivity index (χ0n) is 12.0.